The van der Waals surface area contributed by atoms with E-state index in [1.165, 1.54) is 7.11 Å². The van der Waals surface area contributed by atoms with Gasteiger partial charge in [-0.25, -0.2) is 9.78 Å². The summed E-state index contributed by atoms with van der Waals surface area (Å²) in [7, 11) is 1.33. The molecule has 1 amide bonds. The van der Waals surface area contributed by atoms with Gasteiger partial charge >= 0.3 is 6.09 Å². The fourth-order valence-electron chi connectivity index (χ4n) is 1.16. The fraction of sp³-hybridized carbons (Fsp3) is 0.556. The van der Waals surface area contributed by atoms with E-state index < -0.39 is 6.09 Å². The summed E-state index contributed by atoms with van der Waals surface area (Å²) in [5.74, 6) is 1.45. The van der Waals surface area contributed by atoms with Crippen LogP contribution < -0.4 is 5.32 Å². The van der Waals surface area contributed by atoms with E-state index in [9.17, 15) is 4.79 Å². The van der Waals surface area contributed by atoms with Crippen LogP contribution in [0.3, 0.4) is 0 Å². The Bertz CT molecular complexity index is 320. The van der Waals surface area contributed by atoms with Gasteiger partial charge in [0.05, 0.1) is 12.8 Å². The molecule has 0 aliphatic carbocycles. The van der Waals surface area contributed by atoms with Crippen molar-refractivity contribution in [2.45, 2.75) is 20.3 Å². The Labute approximate surface area is 82.5 Å². The number of nitrogens with zero attached hydrogens (tertiary/aromatic N) is 1. The van der Waals surface area contributed by atoms with E-state index in [4.69, 9.17) is 4.42 Å². The van der Waals surface area contributed by atoms with Gasteiger partial charge < -0.3 is 14.5 Å². The van der Waals surface area contributed by atoms with E-state index in [0.717, 1.165) is 11.5 Å². The van der Waals surface area contributed by atoms with Crippen LogP contribution in [-0.2, 0) is 11.2 Å². The lowest BCUT2D eigenvalue weighted by Gasteiger charge is -2.01. The number of nitrogens with one attached hydrogen (secondary N) is 1. The van der Waals surface area contributed by atoms with Gasteiger partial charge in [0.1, 0.15) is 5.76 Å². The van der Waals surface area contributed by atoms with Gasteiger partial charge in [-0.3, -0.25) is 0 Å². The van der Waals surface area contributed by atoms with Gasteiger partial charge in [-0.2, -0.15) is 0 Å². The lowest BCUT2D eigenvalue weighted by molar-refractivity contribution is 0.171. The average molecular weight is 198 g/mol. The standard InChI is InChI=1S/C9H14N2O3/c1-6-8(14-7(2)11-6)4-5-10-9(12)13-3/h4-5H2,1-3H3,(H,10,12). The van der Waals surface area contributed by atoms with E-state index in [1.54, 1.807) is 6.92 Å². The van der Waals surface area contributed by atoms with Crippen molar-refractivity contribution < 1.29 is 13.9 Å². The molecule has 78 valence electrons. The monoisotopic (exact) mass is 198 g/mol. The molecule has 0 radical (unpaired) electrons. The Morgan fingerprint density at radius 1 is 1.57 bits per heavy atom. The molecule has 1 heterocycles. The number of carbonyl (C=O) groups is 1. The lowest BCUT2D eigenvalue weighted by Crippen LogP contribution is -2.25. The molecule has 0 atom stereocenters. The van der Waals surface area contributed by atoms with E-state index >= 15 is 0 Å². The average Bonchev–Trinajstić information content (AvgIpc) is 2.45. The molecule has 14 heavy (non-hydrogen) atoms. The quantitative estimate of drug-likeness (QED) is 0.792. The number of amides is 1. The number of hydrogen-bond acceptors (Lipinski definition) is 4. The van der Waals surface area contributed by atoms with Gasteiger partial charge in [0.15, 0.2) is 5.89 Å². The minimum atomic E-state index is -0.432. The van der Waals surface area contributed by atoms with Crippen molar-refractivity contribution in [1.29, 1.82) is 0 Å². The van der Waals surface area contributed by atoms with Gasteiger partial charge in [0.25, 0.3) is 0 Å². The highest BCUT2D eigenvalue weighted by atomic mass is 16.5. The zero-order chi connectivity index (χ0) is 10.6. The third-order valence-corrected chi connectivity index (χ3v) is 1.81. The third kappa shape index (κ3) is 2.76. The van der Waals surface area contributed by atoms with Crippen molar-refractivity contribution in [3.05, 3.63) is 17.3 Å². The molecule has 5 heteroatoms. The number of aryl methyl sites for hydroxylation is 2. The van der Waals surface area contributed by atoms with Crippen LogP contribution in [0.4, 0.5) is 4.79 Å². The van der Waals surface area contributed by atoms with Crippen molar-refractivity contribution >= 4 is 6.09 Å². The largest absolute Gasteiger partial charge is 0.453 e. The smallest absolute Gasteiger partial charge is 0.406 e. The molecule has 1 N–H and O–H groups in total. The van der Waals surface area contributed by atoms with Crippen LogP contribution in [0.1, 0.15) is 17.3 Å². The molecule has 0 aliphatic heterocycles. The summed E-state index contributed by atoms with van der Waals surface area (Å²) < 4.78 is 9.75. The van der Waals surface area contributed by atoms with E-state index in [2.05, 4.69) is 15.0 Å². The number of hydrogen-bond donors (Lipinski definition) is 1. The van der Waals surface area contributed by atoms with E-state index in [1.807, 2.05) is 6.92 Å². The topological polar surface area (TPSA) is 64.4 Å². The predicted octanol–water partition coefficient (Wildman–Crippen LogP) is 1.19. The number of alkyl carbamates (subject to hydrolysis) is 1. The third-order valence-electron chi connectivity index (χ3n) is 1.81. The second-order valence-corrected chi connectivity index (χ2v) is 2.91. The highest BCUT2D eigenvalue weighted by Crippen LogP contribution is 2.08. The molecule has 1 aromatic heterocycles. The fourth-order valence-corrected chi connectivity index (χ4v) is 1.16. The van der Waals surface area contributed by atoms with Gasteiger partial charge in [-0.05, 0) is 6.92 Å². The Kier molecular flexibility index (Phi) is 3.50. The number of ether oxygens (including phenoxy) is 1. The van der Waals surface area contributed by atoms with Crippen molar-refractivity contribution in [1.82, 2.24) is 10.3 Å². The molecule has 0 spiro atoms. The normalized spacial score (nSPS) is 9.93. The zero-order valence-corrected chi connectivity index (χ0v) is 8.59. The molecule has 0 fully saturated rings. The van der Waals surface area contributed by atoms with Gasteiger partial charge in [0.2, 0.25) is 0 Å². The van der Waals surface area contributed by atoms with Crippen LogP contribution in [0.2, 0.25) is 0 Å². The molecule has 0 bridgehead atoms. The Hall–Kier alpha value is -1.52. The molecular formula is C9H14N2O3. The maximum Gasteiger partial charge on any atom is 0.406 e. The number of methoxy groups -OCH3 is 1. The van der Waals surface area contributed by atoms with Crippen molar-refractivity contribution in [2.24, 2.45) is 0 Å². The summed E-state index contributed by atoms with van der Waals surface area (Å²) in [5.41, 5.74) is 0.870. The zero-order valence-electron chi connectivity index (χ0n) is 8.59. The first kappa shape index (κ1) is 10.6. The molecule has 0 saturated carbocycles. The number of oxazole rings is 1. The molecule has 0 saturated heterocycles. The van der Waals surface area contributed by atoms with Crippen LogP contribution in [0.5, 0.6) is 0 Å². The van der Waals surface area contributed by atoms with Gasteiger partial charge in [0, 0.05) is 19.9 Å². The van der Waals surface area contributed by atoms with Crippen LogP contribution >= 0.6 is 0 Å². The van der Waals surface area contributed by atoms with Gasteiger partial charge in [-0.1, -0.05) is 0 Å². The summed E-state index contributed by atoms with van der Waals surface area (Å²) in [6.07, 6.45) is 0.195. The van der Waals surface area contributed by atoms with Crippen LogP contribution in [0, 0.1) is 13.8 Å². The second kappa shape index (κ2) is 4.64. The Morgan fingerprint density at radius 3 is 2.79 bits per heavy atom. The number of rotatable bonds is 3. The lowest BCUT2D eigenvalue weighted by atomic mass is 10.3. The summed E-state index contributed by atoms with van der Waals surface area (Å²) in [5, 5.41) is 2.57. The summed E-state index contributed by atoms with van der Waals surface area (Å²) in [4.78, 5) is 14.8. The predicted molar refractivity (Wildman–Crippen MR) is 50.1 cm³/mol. The molecule has 1 rings (SSSR count). The molecule has 0 unspecified atom stereocenters. The first-order valence-electron chi connectivity index (χ1n) is 4.38. The van der Waals surface area contributed by atoms with Gasteiger partial charge in [-0.15, -0.1) is 0 Å². The molecule has 5 nitrogen and oxygen atoms in total. The van der Waals surface area contributed by atoms with Crippen LogP contribution in [0.15, 0.2) is 4.42 Å². The number of carbonyl (C=O) groups excluding carboxylic acids is 1. The number of aromatic nitrogens is 1. The maximum atomic E-state index is 10.7. The maximum absolute atomic E-state index is 10.7. The van der Waals surface area contributed by atoms with Crippen LogP contribution in [0.25, 0.3) is 0 Å². The van der Waals surface area contributed by atoms with Crippen molar-refractivity contribution in [3.63, 3.8) is 0 Å². The molecule has 1 aromatic rings. The minimum absolute atomic E-state index is 0.432. The minimum Gasteiger partial charge on any atom is -0.453 e. The summed E-state index contributed by atoms with van der Waals surface area (Å²) in [6.45, 7) is 4.16. The van der Waals surface area contributed by atoms with E-state index in [0.29, 0.717) is 18.9 Å². The SMILES string of the molecule is COC(=O)NCCc1oc(C)nc1C. The Balaban J connectivity index is 2.38. The van der Waals surface area contributed by atoms with Crippen molar-refractivity contribution in [3.8, 4) is 0 Å². The molecule has 0 aromatic carbocycles. The highest BCUT2D eigenvalue weighted by molar-refractivity contribution is 5.66. The van der Waals surface area contributed by atoms with Crippen molar-refractivity contribution in [2.75, 3.05) is 13.7 Å². The second-order valence-electron chi connectivity index (χ2n) is 2.91. The van der Waals surface area contributed by atoms with Crippen LogP contribution in [-0.4, -0.2) is 24.7 Å². The first-order valence-corrected chi connectivity index (χ1v) is 4.38. The molecular weight excluding hydrogens is 184 g/mol. The summed E-state index contributed by atoms with van der Waals surface area (Å²) in [6, 6.07) is 0. The van der Waals surface area contributed by atoms with E-state index in [-0.39, 0.29) is 0 Å². The first-order chi connectivity index (χ1) is 6.63. The highest BCUT2D eigenvalue weighted by Gasteiger charge is 2.06. The Morgan fingerprint density at radius 2 is 2.29 bits per heavy atom. The molecule has 0 aliphatic rings. The summed E-state index contributed by atoms with van der Waals surface area (Å²) >= 11 is 0.